The fourth-order valence-corrected chi connectivity index (χ4v) is 3.86. The molecule has 0 amide bonds. The fraction of sp³-hybridized carbons (Fsp3) is 0.217. The number of ketones is 1. The Morgan fingerprint density at radius 2 is 1.86 bits per heavy atom. The molecule has 4 aromatic rings. The predicted octanol–water partition coefficient (Wildman–Crippen LogP) is 4.39. The third kappa shape index (κ3) is 3.42. The first-order chi connectivity index (χ1) is 14.2. The highest BCUT2D eigenvalue weighted by Crippen LogP contribution is 2.27. The van der Waals surface area contributed by atoms with Gasteiger partial charge >= 0.3 is 0 Å². The van der Waals surface area contributed by atoms with Gasteiger partial charge in [0.15, 0.2) is 5.78 Å². The molecular weight excluding hydrogens is 367 g/mol. The van der Waals surface area contributed by atoms with Crippen LogP contribution in [0.2, 0.25) is 0 Å². The highest BCUT2D eigenvalue weighted by atomic mass is 19.1. The van der Waals surface area contributed by atoms with Crippen molar-refractivity contribution in [3.8, 4) is 11.3 Å². The first-order valence-corrected chi connectivity index (χ1v) is 9.75. The number of aryl methyl sites for hydroxylation is 1. The van der Waals surface area contributed by atoms with Crippen LogP contribution in [0.3, 0.4) is 0 Å². The Balaban J connectivity index is 1.46. The number of rotatable bonds is 4. The zero-order valence-electron chi connectivity index (χ0n) is 15.8. The Hall–Kier alpha value is -3.41. The lowest BCUT2D eigenvalue weighted by atomic mass is 10.0. The van der Waals surface area contributed by atoms with Crippen LogP contribution >= 0.6 is 0 Å². The number of aromatic nitrogens is 4. The van der Waals surface area contributed by atoms with E-state index in [4.69, 9.17) is 0 Å². The molecule has 0 spiro atoms. The van der Waals surface area contributed by atoms with Gasteiger partial charge < -0.3 is 4.57 Å². The molecule has 6 heteroatoms. The molecule has 0 fully saturated rings. The Morgan fingerprint density at radius 3 is 2.72 bits per heavy atom. The fourth-order valence-electron chi connectivity index (χ4n) is 3.86. The number of fused-ring (bicyclic) bond motifs is 2. The maximum atomic E-state index is 13.1. The van der Waals surface area contributed by atoms with Gasteiger partial charge in [0.25, 0.3) is 0 Å². The second-order valence-corrected chi connectivity index (χ2v) is 7.37. The molecule has 5 rings (SSSR count). The zero-order valence-corrected chi connectivity index (χ0v) is 15.8. The second-order valence-electron chi connectivity index (χ2n) is 7.37. The van der Waals surface area contributed by atoms with E-state index in [1.54, 1.807) is 6.20 Å². The average molecular weight is 386 g/mol. The minimum atomic E-state index is -0.356. The summed E-state index contributed by atoms with van der Waals surface area (Å²) in [6.45, 7) is 0.983. The summed E-state index contributed by atoms with van der Waals surface area (Å²) in [5.41, 5.74) is 4.02. The summed E-state index contributed by atoms with van der Waals surface area (Å²) in [5.74, 6) is 0.684. The number of halogens is 1. The molecule has 0 radical (unpaired) electrons. The number of carbonyl (C=O) groups excluding carboxylic acids is 1. The Kier molecular flexibility index (Phi) is 4.39. The second kappa shape index (κ2) is 7.20. The van der Waals surface area contributed by atoms with Gasteiger partial charge in [-0.3, -0.25) is 14.8 Å². The van der Waals surface area contributed by atoms with E-state index in [1.807, 2.05) is 18.5 Å². The SMILES string of the molecule is O=C(Cc1cc2cc(-c3cnc4n3CCCC4)cnc2cn1)c1ccc(F)cc1. The summed E-state index contributed by atoms with van der Waals surface area (Å²) in [7, 11) is 0. The van der Waals surface area contributed by atoms with E-state index in [9.17, 15) is 9.18 Å². The summed E-state index contributed by atoms with van der Waals surface area (Å²) in [5, 5.41) is 0.936. The van der Waals surface area contributed by atoms with Crippen molar-refractivity contribution in [2.45, 2.75) is 32.2 Å². The quantitative estimate of drug-likeness (QED) is 0.488. The molecule has 0 aliphatic carbocycles. The van der Waals surface area contributed by atoms with Gasteiger partial charge in [-0.1, -0.05) is 0 Å². The van der Waals surface area contributed by atoms with Crippen molar-refractivity contribution in [3.05, 3.63) is 77.9 Å². The van der Waals surface area contributed by atoms with Crippen LogP contribution in [0.1, 0.15) is 34.7 Å². The number of Topliss-reactive ketones (excluding diaryl/α,β-unsaturated/α-hetero) is 1. The van der Waals surface area contributed by atoms with Crippen molar-refractivity contribution in [2.75, 3.05) is 0 Å². The van der Waals surface area contributed by atoms with E-state index in [-0.39, 0.29) is 18.0 Å². The molecule has 0 N–H and O–H groups in total. The molecular formula is C23H19FN4O. The van der Waals surface area contributed by atoms with E-state index in [2.05, 4.69) is 25.6 Å². The summed E-state index contributed by atoms with van der Waals surface area (Å²) in [6.07, 6.45) is 8.99. The first-order valence-electron chi connectivity index (χ1n) is 9.75. The molecule has 1 aliphatic heterocycles. The molecule has 0 bridgehead atoms. The molecule has 1 aliphatic rings. The van der Waals surface area contributed by atoms with Crippen molar-refractivity contribution in [1.82, 2.24) is 19.5 Å². The lowest BCUT2D eigenvalue weighted by molar-refractivity contribution is 0.0992. The van der Waals surface area contributed by atoms with Crippen molar-refractivity contribution in [1.29, 1.82) is 0 Å². The third-order valence-electron chi connectivity index (χ3n) is 5.40. The number of imidazole rings is 1. The van der Waals surface area contributed by atoms with E-state index < -0.39 is 0 Å². The van der Waals surface area contributed by atoms with Crippen molar-refractivity contribution < 1.29 is 9.18 Å². The number of pyridine rings is 2. The molecule has 0 saturated heterocycles. The lowest BCUT2D eigenvalue weighted by Gasteiger charge is -2.16. The number of nitrogens with zero attached hydrogens (tertiary/aromatic N) is 4. The van der Waals surface area contributed by atoms with Gasteiger partial charge in [0.05, 0.1) is 30.0 Å². The maximum Gasteiger partial charge on any atom is 0.168 e. The summed E-state index contributed by atoms with van der Waals surface area (Å²) in [6, 6.07) is 9.57. The molecule has 3 aromatic heterocycles. The number of hydrogen-bond acceptors (Lipinski definition) is 4. The monoisotopic (exact) mass is 386 g/mol. The van der Waals surface area contributed by atoms with Gasteiger partial charge in [-0.15, -0.1) is 0 Å². The van der Waals surface area contributed by atoms with Crippen molar-refractivity contribution in [2.24, 2.45) is 0 Å². The molecule has 1 aromatic carbocycles. The van der Waals surface area contributed by atoms with Gasteiger partial charge in [0.1, 0.15) is 11.6 Å². The van der Waals surface area contributed by atoms with E-state index in [1.165, 1.54) is 30.7 Å². The van der Waals surface area contributed by atoms with Crippen LogP contribution in [-0.4, -0.2) is 25.3 Å². The van der Waals surface area contributed by atoms with Crippen molar-refractivity contribution >= 4 is 16.7 Å². The van der Waals surface area contributed by atoms with Crippen LogP contribution in [0.5, 0.6) is 0 Å². The predicted molar refractivity (Wildman–Crippen MR) is 108 cm³/mol. The molecule has 4 heterocycles. The van der Waals surface area contributed by atoms with E-state index in [0.717, 1.165) is 47.4 Å². The van der Waals surface area contributed by atoms with Crippen LogP contribution in [0.15, 0.2) is 55.0 Å². The van der Waals surface area contributed by atoms with Gasteiger partial charge in [0, 0.05) is 41.4 Å². The topological polar surface area (TPSA) is 60.7 Å². The summed E-state index contributed by atoms with van der Waals surface area (Å²) in [4.78, 5) is 26.0. The molecule has 5 nitrogen and oxygen atoms in total. The maximum absolute atomic E-state index is 13.1. The third-order valence-corrected chi connectivity index (χ3v) is 5.40. The number of carbonyl (C=O) groups is 1. The van der Waals surface area contributed by atoms with Gasteiger partial charge in [-0.25, -0.2) is 9.37 Å². The molecule has 29 heavy (non-hydrogen) atoms. The van der Waals surface area contributed by atoms with Crippen LogP contribution in [0.4, 0.5) is 4.39 Å². The largest absolute Gasteiger partial charge is 0.328 e. The van der Waals surface area contributed by atoms with Crippen LogP contribution < -0.4 is 0 Å². The Bertz CT molecular complexity index is 1210. The normalized spacial score (nSPS) is 13.4. The molecule has 0 saturated carbocycles. The Morgan fingerprint density at radius 1 is 1.00 bits per heavy atom. The van der Waals surface area contributed by atoms with E-state index >= 15 is 0 Å². The van der Waals surface area contributed by atoms with E-state index in [0.29, 0.717) is 11.3 Å². The Labute approximate surface area is 167 Å². The molecule has 0 atom stereocenters. The van der Waals surface area contributed by atoms with Crippen LogP contribution in [0, 0.1) is 5.82 Å². The molecule has 0 unspecified atom stereocenters. The molecule has 144 valence electrons. The summed E-state index contributed by atoms with van der Waals surface area (Å²) < 4.78 is 15.3. The van der Waals surface area contributed by atoms with Crippen LogP contribution in [-0.2, 0) is 19.4 Å². The lowest BCUT2D eigenvalue weighted by Crippen LogP contribution is -2.11. The average Bonchev–Trinajstić information content (AvgIpc) is 3.18. The van der Waals surface area contributed by atoms with Gasteiger partial charge in [-0.2, -0.15) is 0 Å². The highest BCUT2D eigenvalue weighted by molar-refractivity contribution is 5.97. The standard InChI is InChI=1S/C23H19FN4O/c24-18-6-4-15(5-7-18)22(29)11-19-10-16-9-17(12-26-20(16)13-25-19)21-14-27-23-3-1-2-8-28(21)23/h4-7,9-10,12-14H,1-3,8,11H2. The smallest absolute Gasteiger partial charge is 0.168 e. The number of hydrogen-bond donors (Lipinski definition) is 0. The highest BCUT2D eigenvalue weighted by Gasteiger charge is 2.16. The van der Waals surface area contributed by atoms with Crippen molar-refractivity contribution in [3.63, 3.8) is 0 Å². The van der Waals surface area contributed by atoms with Crippen LogP contribution in [0.25, 0.3) is 22.2 Å². The first kappa shape index (κ1) is 17.7. The van der Waals surface area contributed by atoms with Gasteiger partial charge in [0.2, 0.25) is 0 Å². The number of benzene rings is 1. The minimum Gasteiger partial charge on any atom is -0.328 e. The summed E-state index contributed by atoms with van der Waals surface area (Å²) >= 11 is 0. The van der Waals surface area contributed by atoms with Gasteiger partial charge in [-0.05, 0) is 49.2 Å². The zero-order chi connectivity index (χ0) is 19.8. The minimum absolute atomic E-state index is 0.0918.